The molecule has 2 aliphatic heterocycles. The monoisotopic (exact) mass is 414 g/mol. The third-order valence-electron chi connectivity index (χ3n) is 5.66. The summed E-state index contributed by atoms with van der Waals surface area (Å²) in [5.41, 5.74) is 3.34. The third-order valence-corrected chi connectivity index (χ3v) is 7.55. The molecular weight excluding hydrogens is 388 g/mol. The maximum atomic E-state index is 13.0. The molecule has 2 aliphatic rings. The molecule has 7 heteroatoms. The molecule has 2 heterocycles. The second kappa shape index (κ2) is 8.26. The van der Waals surface area contributed by atoms with Gasteiger partial charge in [-0.25, -0.2) is 8.42 Å². The Morgan fingerprint density at radius 3 is 2.41 bits per heavy atom. The molecule has 2 aromatic carbocycles. The second-order valence-electron chi connectivity index (χ2n) is 7.59. The number of rotatable bonds is 5. The number of hydrogen-bond acceptors (Lipinski definition) is 4. The molecule has 0 aromatic heterocycles. The third kappa shape index (κ3) is 3.95. The molecule has 0 bridgehead atoms. The van der Waals surface area contributed by atoms with Gasteiger partial charge in [-0.2, -0.15) is 4.31 Å². The highest BCUT2D eigenvalue weighted by molar-refractivity contribution is 7.89. The van der Waals surface area contributed by atoms with E-state index < -0.39 is 10.0 Å². The number of fused-ring (bicyclic) bond motifs is 1. The summed E-state index contributed by atoms with van der Waals surface area (Å²) in [5.74, 6) is -0.0700. The van der Waals surface area contributed by atoms with Crippen LogP contribution in [-0.2, 0) is 27.8 Å². The largest absolute Gasteiger partial charge is 0.380 e. The van der Waals surface area contributed by atoms with Gasteiger partial charge in [0.25, 0.3) is 5.91 Å². The first-order valence-electron chi connectivity index (χ1n) is 10.0. The number of methoxy groups -OCH3 is 1. The van der Waals surface area contributed by atoms with Gasteiger partial charge < -0.3 is 9.64 Å². The average Bonchev–Trinajstić information content (AvgIpc) is 3.18. The predicted molar refractivity (Wildman–Crippen MR) is 112 cm³/mol. The predicted octanol–water partition coefficient (Wildman–Crippen LogP) is 3.21. The van der Waals surface area contributed by atoms with E-state index in [9.17, 15) is 13.2 Å². The molecule has 0 radical (unpaired) electrons. The number of amides is 1. The highest BCUT2D eigenvalue weighted by Crippen LogP contribution is 2.32. The molecule has 0 N–H and O–H groups in total. The fourth-order valence-corrected chi connectivity index (χ4v) is 5.64. The van der Waals surface area contributed by atoms with E-state index in [-0.39, 0.29) is 5.91 Å². The molecule has 6 nitrogen and oxygen atoms in total. The summed E-state index contributed by atoms with van der Waals surface area (Å²) in [7, 11) is -1.83. The zero-order valence-electron chi connectivity index (χ0n) is 16.6. The Labute approximate surface area is 172 Å². The highest BCUT2D eigenvalue weighted by Gasteiger charge is 2.30. The van der Waals surface area contributed by atoms with E-state index in [4.69, 9.17) is 4.74 Å². The van der Waals surface area contributed by atoms with Crippen LogP contribution in [-0.4, -0.2) is 45.4 Å². The van der Waals surface area contributed by atoms with Crippen molar-refractivity contribution in [1.82, 2.24) is 4.31 Å². The number of hydrogen-bond donors (Lipinski definition) is 0. The van der Waals surface area contributed by atoms with Gasteiger partial charge in [0.1, 0.15) is 0 Å². The van der Waals surface area contributed by atoms with Crippen molar-refractivity contribution in [2.45, 2.75) is 37.2 Å². The lowest BCUT2D eigenvalue weighted by Crippen LogP contribution is -2.35. The smallest absolute Gasteiger partial charge is 0.258 e. The molecule has 0 unspecified atom stereocenters. The van der Waals surface area contributed by atoms with E-state index in [2.05, 4.69) is 0 Å². The molecule has 1 saturated heterocycles. The Morgan fingerprint density at radius 1 is 1.00 bits per heavy atom. The lowest BCUT2D eigenvalue weighted by atomic mass is 10.1. The fourth-order valence-electron chi connectivity index (χ4n) is 4.07. The first-order valence-corrected chi connectivity index (χ1v) is 11.5. The van der Waals surface area contributed by atoms with Crippen molar-refractivity contribution >= 4 is 21.6 Å². The highest BCUT2D eigenvalue weighted by atomic mass is 32.2. The zero-order valence-corrected chi connectivity index (χ0v) is 17.5. The summed E-state index contributed by atoms with van der Waals surface area (Å²) in [5, 5.41) is 0. The van der Waals surface area contributed by atoms with Crippen molar-refractivity contribution in [3.63, 3.8) is 0 Å². The Morgan fingerprint density at radius 2 is 1.72 bits per heavy atom. The summed E-state index contributed by atoms with van der Waals surface area (Å²) in [6.45, 7) is 2.24. The molecular formula is C22H26N2O4S. The van der Waals surface area contributed by atoms with E-state index in [0.29, 0.717) is 43.1 Å². The molecule has 2 aromatic rings. The van der Waals surface area contributed by atoms with Gasteiger partial charge in [0.05, 0.1) is 11.5 Å². The van der Waals surface area contributed by atoms with Crippen molar-refractivity contribution < 1.29 is 17.9 Å². The lowest BCUT2D eigenvalue weighted by molar-refractivity contribution is 0.0989. The molecule has 1 fully saturated rings. The number of nitrogens with zero attached hydrogens (tertiary/aromatic N) is 2. The SMILES string of the molecule is COCc1ccc(C(=O)N2CCc3cc(S(=O)(=O)N4CCCCC4)ccc32)cc1. The number of piperidine rings is 1. The Hall–Kier alpha value is -2.22. The first kappa shape index (κ1) is 20.1. The van der Waals surface area contributed by atoms with Gasteiger partial charge in [0.15, 0.2) is 0 Å². The Kier molecular flexibility index (Phi) is 5.72. The van der Waals surface area contributed by atoms with Crippen LogP contribution in [0.2, 0.25) is 0 Å². The van der Waals surface area contributed by atoms with Crippen LogP contribution in [0.4, 0.5) is 5.69 Å². The van der Waals surface area contributed by atoms with Crippen molar-refractivity contribution in [2.75, 3.05) is 31.6 Å². The van der Waals surface area contributed by atoms with Gasteiger partial charge in [0, 0.05) is 38.0 Å². The Bertz CT molecular complexity index is 996. The maximum absolute atomic E-state index is 13.0. The van der Waals surface area contributed by atoms with Crippen molar-refractivity contribution in [3.8, 4) is 0 Å². The van der Waals surface area contributed by atoms with Crippen LogP contribution < -0.4 is 4.90 Å². The Balaban J connectivity index is 1.56. The number of sulfonamides is 1. The minimum absolute atomic E-state index is 0.0700. The number of benzene rings is 2. The van der Waals surface area contributed by atoms with Crippen LogP contribution in [0.3, 0.4) is 0 Å². The van der Waals surface area contributed by atoms with Crippen LogP contribution in [0.25, 0.3) is 0 Å². The van der Waals surface area contributed by atoms with Crippen LogP contribution >= 0.6 is 0 Å². The van der Waals surface area contributed by atoms with Crippen molar-refractivity contribution in [2.24, 2.45) is 0 Å². The van der Waals surface area contributed by atoms with E-state index in [0.717, 1.165) is 36.1 Å². The topological polar surface area (TPSA) is 66.9 Å². The summed E-state index contributed by atoms with van der Waals surface area (Å²) < 4.78 is 32.6. The lowest BCUT2D eigenvalue weighted by Gasteiger charge is -2.26. The number of carbonyl (C=O) groups is 1. The molecule has 4 rings (SSSR count). The van der Waals surface area contributed by atoms with Gasteiger partial charge in [-0.3, -0.25) is 4.79 Å². The summed E-state index contributed by atoms with van der Waals surface area (Å²) >= 11 is 0. The molecule has 0 spiro atoms. The minimum atomic E-state index is -3.47. The maximum Gasteiger partial charge on any atom is 0.258 e. The summed E-state index contributed by atoms with van der Waals surface area (Å²) in [6.07, 6.45) is 3.57. The number of carbonyl (C=O) groups excluding carboxylic acids is 1. The van der Waals surface area contributed by atoms with Crippen LogP contribution in [0.5, 0.6) is 0 Å². The van der Waals surface area contributed by atoms with Crippen molar-refractivity contribution in [3.05, 3.63) is 59.2 Å². The quantitative estimate of drug-likeness (QED) is 0.754. The normalized spacial score (nSPS) is 17.3. The molecule has 29 heavy (non-hydrogen) atoms. The number of anilines is 1. The van der Waals surface area contributed by atoms with Gasteiger partial charge in [-0.15, -0.1) is 0 Å². The fraction of sp³-hybridized carbons (Fsp3) is 0.409. The second-order valence-corrected chi connectivity index (χ2v) is 9.53. The number of ether oxygens (including phenoxy) is 1. The van der Waals surface area contributed by atoms with Gasteiger partial charge in [0.2, 0.25) is 10.0 Å². The molecule has 0 aliphatic carbocycles. The summed E-state index contributed by atoms with van der Waals surface area (Å²) in [6, 6.07) is 12.6. The molecule has 0 atom stereocenters. The van der Waals surface area contributed by atoms with Gasteiger partial charge in [-0.05, 0) is 60.7 Å². The summed E-state index contributed by atoms with van der Waals surface area (Å²) in [4.78, 5) is 15.0. The zero-order chi connectivity index (χ0) is 20.4. The minimum Gasteiger partial charge on any atom is -0.380 e. The first-order chi connectivity index (χ1) is 14.0. The van der Waals surface area contributed by atoms with Crippen LogP contribution in [0.15, 0.2) is 47.4 Å². The van der Waals surface area contributed by atoms with Crippen molar-refractivity contribution in [1.29, 1.82) is 0 Å². The standard InChI is InChI=1S/C22H26N2O4S/c1-28-16-17-5-7-18(8-6-17)22(25)24-14-11-19-15-20(9-10-21(19)24)29(26,27)23-12-3-2-4-13-23/h5-10,15H,2-4,11-14,16H2,1H3. The molecule has 154 valence electrons. The van der Waals surface area contributed by atoms with Crippen LogP contribution in [0.1, 0.15) is 40.7 Å². The van der Waals surface area contributed by atoms with Gasteiger partial charge >= 0.3 is 0 Å². The molecule has 0 saturated carbocycles. The van der Waals surface area contributed by atoms with Crippen LogP contribution in [0, 0.1) is 0 Å². The van der Waals surface area contributed by atoms with Gasteiger partial charge in [-0.1, -0.05) is 18.6 Å². The van der Waals surface area contributed by atoms with E-state index in [1.807, 2.05) is 24.3 Å². The van der Waals surface area contributed by atoms with E-state index in [1.165, 1.54) is 0 Å². The molecule has 1 amide bonds. The van der Waals surface area contributed by atoms with E-state index >= 15 is 0 Å². The van der Waals surface area contributed by atoms with E-state index in [1.54, 1.807) is 34.5 Å². The average molecular weight is 415 g/mol.